The molecule has 3 aromatic rings. The molecule has 1 heterocycles. The molecule has 0 saturated heterocycles. The fourth-order valence-electron chi connectivity index (χ4n) is 2.28. The van der Waals surface area contributed by atoms with Gasteiger partial charge in [-0.3, -0.25) is 0 Å². The Morgan fingerprint density at radius 1 is 1.00 bits per heavy atom. The Bertz CT molecular complexity index is 905. The Morgan fingerprint density at radius 2 is 1.67 bits per heavy atom. The third-order valence-electron chi connectivity index (χ3n) is 3.42. The van der Waals surface area contributed by atoms with Crippen molar-refractivity contribution in [3.05, 3.63) is 63.8 Å². The van der Waals surface area contributed by atoms with E-state index in [0.29, 0.717) is 26.7 Å². The van der Waals surface area contributed by atoms with Gasteiger partial charge in [0.1, 0.15) is 11.4 Å². The SMILES string of the molecule is Cc1cc(C(F)(F)F)nc2ccc(Oc3c(Cl)cccc3Cl)cc12. The molecule has 0 N–H and O–H groups in total. The van der Waals surface area contributed by atoms with Crippen molar-refractivity contribution in [1.82, 2.24) is 4.98 Å². The van der Waals surface area contributed by atoms with Gasteiger partial charge in [0.2, 0.25) is 0 Å². The predicted molar refractivity (Wildman–Crippen MR) is 88.0 cm³/mol. The highest BCUT2D eigenvalue weighted by atomic mass is 35.5. The van der Waals surface area contributed by atoms with Gasteiger partial charge in [-0.15, -0.1) is 0 Å². The molecule has 0 saturated carbocycles. The van der Waals surface area contributed by atoms with Crippen LogP contribution in [0.15, 0.2) is 42.5 Å². The monoisotopic (exact) mass is 371 g/mol. The molecule has 0 radical (unpaired) electrons. The van der Waals surface area contributed by atoms with Crippen LogP contribution in [-0.2, 0) is 6.18 Å². The molecule has 0 aliphatic carbocycles. The van der Waals surface area contributed by atoms with Crippen molar-refractivity contribution in [3.63, 3.8) is 0 Å². The van der Waals surface area contributed by atoms with E-state index in [-0.39, 0.29) is 11.3 Å². The van der Waals surface area contributed by atoms with Gasteiger partial charge >= 0.3 is 6.18 Å². The first-order valence-electron chi connectivity index (χ1n) is 6.86. The number of para-hydroxylation sites is 1. The van der Waals surface area contributed by atoms with Crippen LogP contribution in [-0.4, -0.2) is 4.98 Å². The van der Waals surface area contributed by atoms with E-state index in [4.69, 9.17) is 27.9 Å². The highest BCUT2D eigenvalue weighted by molar-refractivity contribution is 6.37. The Morgan fingerprint density at radius 3 is 2.29 bits per heavy atom. The number of aryl methyl sites for hydroxylation is 1. The van der Waals surface area contributed by atoms with Crippen LogP contribution in [0.5, 0.6) is 11.5 Å². The minimum Gasteiger partial charge on any atom is -0.454 e. The number of pyridine rings is 1. The zero-order valence-electron chi connectivity index (χ0n) is 12.3. The molecule has 0 spiro atoms. The molecule has 3 rings (SSSR count). The fraction of sp³-hybridized carbons (Fsp3) is 0.118. The zero-order valence-corrected chi connectivity index (χ0v) is 13.8. The van der Waals surface area contributed by atoms with Crippen molar-refractivity contribution in [3.8, 4) is 11.5 Å². The normalized spacial score (nSPS) is 11.8. The number of benzene rings is 2. The molecule has 2 aromatic carbocycles. The molecule has 1 aromatic heterocycles. The van der Waals surface area contributed by atoms with Gasteiger partial charge in [0.05, 0.1) is 15.6 Å². The summed E-state index contributed by atoms with van der Waals surface area (Å²) in [5.74, 6) is 0.694. The molecule has 2 nitrogen and oxygen atoms in total. The number of halogens is 5. The Kier molecular flexibility index (Phi) is 4.32. The van der Waals surface area contributed by atoms with Gasteiger partial charge in [0, 0.05) is 5.39 Å². The van der Waals surface area contributed by atoms with Crippen LogP contribution in [0.2, 0.25) is 10.0 Å². The zero-order chi connectivity index (χ0) is 17.5. The Balaban J connectivity index is 2.05. The molecule has 24 heavy (non-hydrogen) atoms. The van der Waals surface area contributed by atoms with Crippen molar-refractivity contribution < 1.29 is 17.9 Å². The molecule has 7 heteroatoms. The summed E-state index contributed by atoms with van der Waals surface area (Å²) in [4.78, 5) is 3.66. The molecule has 0 bridgehead atoms. The van der Waals surface area contributed by atoms with Crippen molar-refractivity contribution in [1.29, 1.82) is 0 Å². The van der Waals surface area contributed by atoms with Gasteiger partial charge in [0.15, 0.2) is 5.75 Å². The maximum Gasteiger partial charge on any atom is 0.433 e. The first kappa shape index (κ1) is 16.9. The van der Waals surface area contributed by atoms with E-state index >= 15 is 0 Å². The summed E-state index contributed by atoms with van der Waals surface area (Å²) in [5.41, 5.74) is -0.238. The molecule has 124 valence electrons. The molecule has 0 amide bonds. The van der Waals surface area contributed by atoms with E-state index in [9.17, 15) is 13.2 Å². The standard InChI is InChI=1S/C17H10Cl2F3NO/c1-9-7-15(17(20,21)22)23-14-6-5-10(8-11(9)14)24-16-12(18)3-2-4-13(16)19/h2-8H,1H3. The van der Waals surface area contributed by atoms with Gasteiger partial charge < -0.3 is 4.74 Å². The maximum absolute atomic E-state index is 12.8. The van der Waals surface area contributed by atoms with Crippen LogP contribution in [0.3, 0.4) is 0 Å². The van der Waals surface area contributed by atoms with Crippen molar-refractivity contribution in [2.24, 2.45) is 0 Å². The lowest BCUT2D eigenvalue weighted by atomic mass is 10.1. The lowest BCUT2D eigenvalue weighted by molar-refractivity contribution is -0.141. The summed E-state index contributed by atoms with van der Waals surface area (Å²) in [6, 6.07) is 10.6. The minimum atomic E-state index is -4.49. The largest absolute Gasteiger partial charge is 0.454 e. The topological polar surface area (TPSA) is 22.1 Å². The van der Waals surface area contributed by atoms with Crippen LogP contribution in [0.4, 0.5) is 13.2 Å². The minimum absolute atomic E-state index is 0.236. The van der Waals surface area contributed by atoms with Crippen LogP contribution >= 0.6 is 23.2 Å². The molecular formula is C17H10Cl2F3NO. The summed E-state index contributed by atoms with van der Waals surface area (Å²) < 4.78 is 44.2. The molecular weight excluding hydrogens is 362 g/mol. The fourth-order valence-corrected chi connectivity index (χ4v) is 2.75. The summed E-state index contributed by atoms with van der Waals surface area (Å²) >= 11 is 12.1. The summed E-state index contributed by atoms with van der Waals surface area (Å²) in [6.07, 6.45) is -4.49. The second-order valence-corrected chi connectivity index (χ2v) is 5.97. The number of alkyl halides is 3. The average Bonchev–Trinajstić information content (AvgIpc) is 2.50. The van der Waals surface area contributed by atoms with Crippen molar-refractivity contribution >= 4 is 34.1 Å². The van der Waals surface area contributed by atoms with Crippen molar-refractivity contribution in [2.75, 3.05) is 0 Å². The lowest BCUT2D eigenvalue weighted by Crippen LogP contribution is -2.08. The smallest absolute Gasteiger partial charge is 0.433 e. The molecule has 0 fully saturated rings. The van der Waals surface area contributed by atoms with Gasteiger partial charge in [-0.2, -0.15) is 13.2 Å². The van der Waals surface area contributed by atoms with Gasteiger partial charge in [0.25, 0.3) is 0 Å². The number of hydrogen-bond acceptors (Lipinski definition) is 2. The Labute approximate surface area is 145 Å². The van der Waals surface area contributed by atoms with E-state index in [0.717, 1.165) is 6.07 Å². The second-order valence-electron chi connectivity index (χ2n) is 5.15. The van der Waals surface area contributed by atoms with Crippen LogP contribution in [0.1, 0.15) is 11.3 Å². The van der Waals surface area contributed by atoms with E-state index < -0.39 is 11.9 Å². The number of ether oxygens (including phenoxy) is 1. The summed E-state index contributed by atoms with van der Waals surface area (Å²) in [6.45, 7) is 1.59. The summed E-state index contributed by atoms with van der Waals surface area (Å²) in [5, 5.41) is 1.23. The molecule has 0 aliphatic heterocycles. The second kappa shape index (κ2) is 6.15. The summed E-state index contributed by atoms with van der Waals surface area (Å²) in [7, 11) is 0. The van der Waals surface area contributed by atoms with E-state index in [1.807, 2.05) is 0 Å². The highest BCUT2D eigenvalue weighted by Gasteiger charge is 2.33. The van der Waals surface area contributed by atoms with Crippen molar-refractivity contribution in [2.45, 2.75) is 13.1 Å². The molecule has 0 aliphatic rings. The first-order chi connectivity index (χ1) is 11.3. The number of aromatic nitrogens is 1. The number of fused-ring (bicyclic) bond motifs is 1. The molecule has 0 atom stereocenters. The van der Waals surface area contributed by atoms with E-state index in [1.54, 1.807) is 31.2 Å². The van der Waals surface area contributed by atoms with Crippen LogP contribution in [0.25, 0.3) is 10.9 Å². The van der Waals surface area contributed by atoms with E-state index in [2.05, 4.69) is 4.98 Å². The highest BCUT2D eigenvalue weighted by Crippen LogP contribution is 2.37. The number of rotatable bonds is 2. The average molecular weight is 372 g/mol. The van der Waals surface area contributed by atoms with Gasteiger partial charge in [-0.25, -0.2) is 4.98 Å². The lowest BCUT2D eigenvalue weighted by Gasteiger charge is -2.12. The first-order valence-corrected chi connectivity index (χ1v) is 7.62. The number of hydrogen-bond donors (Lipinski definition) is 0. The number of nitrogens with zero attached hydrogens (tertiary/aromatic N) is 1. The molecule has 0 unspecified atom stereocenters. The third-order valence-corrected chi connectivity index (χ3v) is 4.01. The third kappa shape index (κ3) is 3.28. The van der Waals surface area contributed by atoms with E-state index in [1.165, 1.54) is 12.1 Å². The van der Waals surface area contributed by atoms with Gasteiger partial charge in [-0.05, 0) is 48.9 Å². The van der Waals surface area contributed by atoms with Crippen LogP contribution < -0.4 is 4.74 Å². The van der Waals surface area contributed by atoms with Gasteiger partial charge in [-0.1, -0.05) is 29.3 Å². The Hall–Kier alpha value is -1.98. The van der Waals surface area contributed by atoms with Crippen LogP contribution in [0, 0.1) is 6.92 Å². The maximum atomic E-state index is 12.8. The predicted octanol–water partition coefficient (Wildman–Crippen LogP) is 6.66. The quantitative estimate of drug-likeness (QED) is 0.502.